The molecule has 82 valence electrons. The van der Waals surface area contributed by atoms with Crippen molar-refractivity contribution in [3.8, 4) is 0 Å². The topological polar surface area (TPSA) is 29.1 Å². The summed E-state index contributed by atoms with van der Waals surface area (Å²) in [5, 5.41) is 3.47. The maximum Gasteiger partial charge on any atom is 0.251 e. The van der Waals surface area contributed by atoms with Crippen molar-refractivity contribution in [1.29, 1.82) is 0 Å². The minimum Gasteiger partial charge on any atom is -0.352 e. The van der Waals surface area contributed by atoms with Gasteiger partial charge >= 0.3 is 0 Å². The van der Waals surface area contributed by atoms with Gasteiger partial charge < -0.3 is 5.32 Å². The van der Waals surface area contributed by atoms with Gasteiger partial charge in [-0.15, -0.1) is 0 Å². The lowest BCUT2D eigenvalue weighted by Crippen LogP contribution is -2.24. The monoisotopic (exact) mass is 225 g/mol. The lowest BCUT2D eigenvalue weighted by Gasteiger charge is -2.12. The molecule has 0 aliphatic heterocycles. The average Bonchev–Trinajstić information content (AvgIpc) is 2.17. The van der Waals surface area contributed by atoms with Gasteiger partial charge in [0.05, 0.1) is 0 Å². The predicted octanol–water partition coefficient (Wildman–Crippen LogP) is 3.21. The molecule has 0 aromatic heterocycles. The van der Waals surface area contributed by atoms with E-state index < -0.39 is 0 Å². The van der Waals surface area contributed by atoms with Gasteiger partial charge in [0.1, 0.15) is 0 Å². The molecule has 0 aliphatic rings. The van der Waals surface area contributed by atoms with Crippen LogP contribution in [0.1, 0.15) is 42.6 Å². The standard InChI is InChI=1S/C12H16ClNO/c1-4-14-12(15)10-6-5-9(13)7-11(10)8(2)3/h5-8H,4H2,1-3H3,(H,14,15). The molecular formula is C12H16ClNO. The van der Waals surface area contributed by atoms with Crippen molar-refractivity contribution in [2.75, 3.05) is 6.54 Å². The summed E-state index contributed by atoms with van der Waals surface area (Å²) in [5.74, 6) is 0.263. The second-order valence-corrected chi connectivity index (χ2v) is 4.18. The molecule has 0 atom stereocenters. The number of carbonyl (C=O) groups excluding carboxylic acids is 1. The molecule has 0 aliphatic carbocycles. The molecule has 0 fully saturated rings. The van der Waals surface area contributed by atoms with Crippen molar-refractivity contribution in [2.24, 2.45) is 0 Å². The molecule has 1 aromatic carbocycles. The Morgan fingerprint density at radius 2 is 2.13 bits per heavy atom. The van der Waals surface area contributed by atoms with Crippen molar-refractivity contribution in [3.63, 3.8) is 0 Å². The number of hydrogen-bond donors (Lipinski definition) is 1. The summed E-state index contributed by atoms with van der Waals surface area (Å²) in [7, 11) is 0. The van der Waals surface area contributed by atoms with Crippen molar-refractivity contribution >= 4 is 17.5 Å². The highest BCUT2D eigenvalue weighted by molar-refractivity contribution is 6.30. The normalized spacial score (nSPS) is 10.5. The van der Waals surface area contributed by atoms with Gasteiger partial charge in [-0.1, -0.05) is 25.4 Å². The van der Waals surface area contributed by atoms with Gasteiger partial charge in [0.2, 0.25) is 0 Å². The summed E-state index contributed by atoms with van der Waals surface area (Å²) >= 11 is 5.91. The second-order valence-electron chi connectivity index (χ2n) is 3.75. The molecule has 0 spiro atoms. The number of carbonyl (C=O) groups is 1. The molecule has 0 radical (unpaired) electrons. The Kier molecular flexibility index (Phi) is 4.15. The Hall–Kier alpha value is -1.02. The molecule has 0 saturated carbocycles. The van der Waals surface area contributed by atoms with Gasteiger partial charge in [0, 0.05) is 17.1 Å². The van der Waals surface area contributed by atoms with Crippen LogP contribution in [0.25, 0.3) is 0 Å². The Balaban J connectivity index is 3.11. The Morgan fingerprint density at radius 3 is 2.67 bits per heavy atom. The zero-order chi connectivity index (χ0) is 11.4. The third-order valence-electron chi connectivity index (χ3n) is 2.22. The molecule has 3 heteroatoms. The lowest BCUT2D eigenvalue weighted by atomic mass is 9.97. The minimum atomic E-state index is -0.0298. The quantitative estimate of drug-likeness (QED) is 0.841. The van der Waals surface area contributed by atoms with Crippen molar-refractivity contribution in [3.05, 3.63) is 34.3 Å². The summed E-state index contributed by atoms with van der Waals surface area (Å²) in [6.07, 6.45) is 0. The van der Waals surface area contributed by atoms with E-state index in [4.69, 9.17) is 11.6 Å². The third kappa shape index (κ3) is 2.96. The Labute approximate surface area is 95.6 Å². The first-order valence-electron chi connectivity index (χ1n) is 5.14. The van der Waals surface area contributed by atoms with Crippen LogP contribution >= 0.6 is 11.6 Å². The van der Waals surface area contributed by atoms with E-state index >= 15 is 0 Å². The largest absolute Gasteiger partial charge is 0.352 e. The van der Waals surface area contributed by atoms with E-state index in [1.54, 1.807) is 12.1 Å². The van der Waals surface area contributed by atoms with E-state index in [-0.39, 0.29) is 5.91 Å². The molecule has 1 amide bonds. The van der Waals surface area contributed by atoms with E-state index in [0.29, 0.717) is 17.5 Å². The molecule has 2 nitrogen and oxygen atoms in total. The number of nitrogens with one attached hydrogen (secondary N) is 1. The number of rotatable bonds is 3. The number of amides is 1. The Morgan fingerprint density at radius 1 is 1.47 bits per heavy atom. The maximum atomic E-state index is 11.7. The first kappa shape index (κ1) is 12.1. The van der Waals surface area contributed by atoms with E-state index in [1.165, 1.54) is 0 Å². The number of halogens is 1. The van der Waals surface area contributed by atoms with Gasteiger partial charge in [-0.25, -0.2) is 0 Å². The highest BCUT2D eigenvalue weighted by Crippen LogP contribution is 2.23. The number of hydrogen-bond acceptors (Lipinski definition) is 1. The van der Waals surface area contributed by atoms with Crippen LogP contribution in [0, 0.1) is 0 Å². The van der Waals surface area contributed by atoms with Crippen LogP contribution in [0.15, 0.2) is 18.2 Å². The fraction of sp³-hybridized carbons (Fsp3) is 0.417. The van der Waals surface area contributed by atoms with Crippen LogP contribution in [0.4, 0.5) is 0 Å². The first-order chi connectivity index (χ1) is 7.06. The molecular weight excluding hydrogens is 210 g/mol. The zero-order valence-electron chi connectivity index (χ0n) is 9.30. The molecule has 0 heterocycles. The molecule has 1 rings (SSSR count). The fourth-order valence-corrected chi connectivity index (χ4v) is 1.65. The van der Waals surface area contributed by atoms with Gasteiger partial charge in [0.25, 0.3) is 5.91 Å². The SMILES string of the molecule is CCNC(=O)c1ccc(Cl)cc1C(C)C. The summed E-state index contributed by atoms with van der Waals surface area (Å²) in [6.45, 7) is 6.64. The molecule has 15 heavy (non-hydrogen) atoms. The molecule has 1 N–H and O–H groups in total. The zero-order valence-corrected chi connectivity index (χ0v) is 10.1. The van der Waals surface area contributed by atoms with E-state index in [0.717, 1.165) is 11.1 Å². The molecule has 0 bridgehead atoms. The smallest absolute Gasteiger partial charge is 0.251 e. The summed E-state index contributed by atoms with van der Waals surface area (Å²) in [4.78, 5) is 11.7. The van der Waals surface area contributed by atoms with Gasteiger partial charge in [0.15, 0.2) is 0 Å². The van der Waals surface area contributed by atoms with Crippen LogP contribution in [0.3, 0.4) is 0 Å². The average molecular weight is 226 g/mol. The van der Waals surface area contributed by atoms with Gasteiger partial charge in [-0.3, -0.25) is 4.79 Å². The van der Waals surface area contributed by atoms with Crippen molar-refractivity contribution < 1.29 is 4.79 Å². The summed E-state index contributed by atoms with van der Waals surface area (Å²) in [6, 6.07) is 5.39. The summed E-state index contributed by atoms with van der Waals surface area (Å²) in [5.41, 5.74) is 1.71. The van der Waals surface area contributed by atoms with E-state index in [2.05, 4.69) is 5.32 Å². The maximum absolute atomic E-state index is 11.7. The first-order valence-corrected chi connectivity index (χ1v) is 5.51. The Bertz CT molecular complexity index is 361. The molecule has 1 aromatic rings. The minimum absolute atomic E-state index is 0.0298. The summed E-state index contributed by atoms with van der Waals surface area (Å²) < 4.78 is 0. The number of benzene rings is 1. The van der Waals surface area contributed by atoms with Gasteiger partial charge in [-0.05, 0) is 36.6 Å². The lowest BCUT2D eigenvalue weighted by molar-refractivity contribution is 0.0954. The third-order valence-corrected chi connectivity index (χ3v) is 2.45. The van der Waals surface area contributed by atoms with Crippen molar-refractivity contribution in [2.45, 2.75) is 26.7 Å². The second kappa shape index (κ2) is 5.17. The van der Waals surface area contributed by atoms with Crippen LogP contribution in [0.2, 0.25) is 5.02 Å². The van der Waals surface area contributed by atoms with Crippen molar-refractivity contribution in [1.82, 2.24) is 5.32 Å². The van der Waals surface area contributed by atoms with E-state index in [1.807, 2.05) is 26.8 Å². The predicted molar refractivity (Wildman–Crippen MR) is 63.5 cm³/mol. The van der Waals surface area contributed by atoms with Crippen LogP contribution in [0.5, 0.6) is 0 Å². The highest BCUT2D eigenvalue weighted by Gasteiger charge is 2.13. The fourth-order valence-electron chi connectivity index (χ4n) is 1.47. The van der Waals surface area contributed by atoms with E-state index in [9.17, 15) is 4.79 Å². The van der Waals surface area contributed by atoms with Crippen LogP contribution in [-0.2, 0) is 0 Å². The van der Waals surface area contributed by atoms with Crippen LogP contribution in [-0.4, -0.2) is 12.5 Å². The van der Waals surface area contributed by atoms with Gasteiger partial charge in [-0.2, -0.15) is 0 Å². The van der Waals surface area contributed by atoms with Crippen LogP contribution < -0.4 is 5.32 Å². The molecule has 0 saturated heterocycles. The highest BCUT2D eigenvalue weighted by atomic mass is 35.5. The molecule has 0 unspecified atom stereocenters.